The van der Waals surface area contributed by atoms with Gasteiger partial charge in [-0.3, -0.25) is 0 Å². The van der Waals surface area contributed by atoms with Gasteiger partial charge in [0.2, 0.25) is 0 Å². The third-order valence-electron chi connectivity index (χ3n) is 8.75. The smallest absolute Gasteiger partial charge is 0.0853 e. The van der Waals surface area contributed by atoms with E-state index < -0.39 is 11.7 Å². The van der Waals surface area contributed by atoms with E-state index in [4.69, 9.17) is 0 Å². The highest BCUT2D eigenvalue weighted by atomic mass is 16.3. The van der Waals surface area contributed by atoms with E-state index in [9.17, 15) is 10.2 Å². The molecule has 152 valence electrons. The molecule has 2 aliphatic carbocycles. The standard InChI is InChI=1S/C25H40O2/c1-15-14-19(18(4)17(3)16(15)2)21(26)22-24(7)12-9-11-23(5,6)20(24)10-13-25(22,8)27/h14,20-22,26-27H,9-13H2,1-8H3/t20-,21?,22+,24-,25+/m0/s1. The second kappa shape index (κ2) is 6.59. The topological polar surface area (TPSA) is 40.5 Å². The van der Waals surface area contributed by atoms with Gasteiger partial charge in [-0.15, -0.1) is 0 Å². The number of benzene rings is 1. The summed E-state index contributed by atoms with van der Waals surface area (Å²) in [7, 11) is 0. The third kappa shape index (κ3) is 3.17. The molecule has 0 amide bonds. The Morgan fingerprint density at radius 1 is 0.926 bits per heavy atom. The molecule has 0 aromatic heterocycles. The van der Waals surface area contributed by atoms with Crippen LogP contribution in [0.3, 0.4) is 0 Å². The van der Waals surface area contributed by atoms with Gasteiger partial charge in [-0.1, -0.05) is 33.3 Å². The number of hydrogen-bond donors (Lipinski definition) is 2. The molecular formula is C25H40O2. The highest BCUT2D eigenvalue weighted by Crippen LogP contribution is 2.64. The summed E-state index contributed by atoms with van der Waals surface area (Å²) >= 11 is 0. The molecule has 1 unspecified atom stereocenters. The fraction of sp³-hybridized carbons (Fsp3) is 0.760. The first kappa shape index (κ1) is 20.9. The van der Waals surface area contributed by atoms with Crippen molar-refractivity contribution in [3.63, 3.8) is 0 Å². The molecule has 0 saturated heterocycles. The van der Waals surface area contributed by atoms with E-state index in [1.807, 2.05) is 6.92 Å². The minimum absolute atomic E-state index is 0.0396. The van der Waals surface area contributed by atoms with Crippen LogP contribution in [0.2, 0.25) is 0 Å². The summed E-state index contributed by atoms with van der Waals surface area (Å²) in [6.07, 6.45) is 4.75. The lowest BCUT2D eigenvalue weighted by atomic mass is 9.44. The van der Waals surface area contributed by atoms with Crippen LogP contribution in [0.25, 0.3) is 0 Å². The molecule has 1 aromatic carbocycles. The lowest BCUT2D eigenvalue weighted by Gasteiger charge is -2.62. The van der Waals surface area contributed by atoms with E-state index in [0.29, 0.717) is 5.92 Å². The molecule has 2 heteroatoms. The van der Waals surface area contributed by atoms with Crippen molar-refractivity contribution in [3.8, 4) is 0 Å². The van der Waals surface area contributed by atoms with Crippen molar-refractivity contribution < 1.29 is 10.2 Å². The van der Waals surface area contributed by atoms with Crippen LogP contribution in [0.15, 0.2) is 6.07 Å². The van der Waals surface area contributed by atoms with Crippen molar-refractivity contribution in [2.45, 2.75) is 99.2 Å². The number of rotatable bonds is 2. The van der Waals surface area contributed by atoms with Gasteiger partial charge in [0.1, 0.15) is 0 Å². The Morgan fingerprint density at radius 2 is 1.56 bits per heavy atom. The van der Waals surface area contributed by atoms with Gasteiger partial charge >= 0.3 is 0 Å². The van der Waals surface area contributed by atoms with Gasteiger partial charge < -0.3 is 10.2 Å². The Bertz CT molecular complexity index is 730. The van der Waals surface area contributed by atoms with Gasteiger partial charge in [0, 0.05) is 5.92 Å². The molecule has 5 atom stereocenters. The van der Waals surface area contributed by atoms with E-state index in [-0.39, 0.29) is 16.7 Å². The van der Waals surface area contributed by atoms with E-state index >= 15 is 0 Å². The summed E-state index contributed by atoms with van der Waals surface area (Å²) < 4.78 is 0. The fourth-order valence-electron chi connectivity index (χ4n) is 6.99. The number of fused-ring (bicyclic) bond motifs is 1. The third-order valence-corrected chi connectivity index (χ3v) is 8.75. The molecule has 0 radical (unpaired) electrons. The first-order valence-electron chi connectivity index (χ1n) is 10.8. The molecule has 2 nitrogen and oxygen atoms in total. The summed E-state index contributed by atoms with van der Waals surface area (Å²) in [5.41, 5.74) is 5.41. The van der Waals surface area contributed by atoms with Crippen LogP contribution >= 0.6 is 0 Å². The van der Waals surface area contributed by atoms with Crippen LogP contribution in [0.5, 0.6) is 0 Å². The SMILES string of the molecule is Cc1cc(C(O)[C@@H]2[C@@]3(C)CCCC(C)(C)[C@@H]3CC[C@@]2(C)O)c(C)c(C)c1C. The number of hydrogen-bond acceptors (Lipinski definition) is 2. The minimum Gasteiger partial charge on any atom is -0.390 e. The molecule has 2 N–H and O–H groups in total. The average Bonchev–Trinajstić information content (AvgIpc) is 2.54. The van der Waals surface area contributed by atoms with Gasteiger partial charge in [0.25, 0.3) is 0 Å². The summed E-state index contributed by atoms with van der Waals surface area (Å²) in [5, 5.41) is 23.2. The van der Waals surface area contributed by atoms with Gasteiger partial charge in [0.05, 0.1) is 11.7 Å². The van der Waals surface area contributed by atoms with Crippen LogP contribution in [-0.4, -0.2) is 15.8 Å². The molecule has 0 spiro atoms. The maximum Gasteiger partial charge on any atom is 0.0853 e. The van der Waals surface area contributed by atoms with Crippen molar-refractivity contribution in [3.05, 3.63) is 33.9 Å². The van der Waals surface area contributed by atoms with Gasteiger partial charge in [-0.2, -0.15) is 0 Å². The molecule has 2 saturated carbocycles. The van der Waals surface area contributed by atoms with Crippen molar-refractivity contribution in [2.75, 3.05) is 0 Å². The molecule has 0 aliphatic heterocycles. The largest absolute Gasteiger partial charge is 0.390 e. The predicted molar refractivity (Wildman–Crippen MR) is 113 cm³/mol. The van der Waals surface area contributed by atoms with Crippen LogP contribution in [0.4, 0.5) is 0 Å². The van der Waals surface area contributed by atoms with Crippen LogP contribution < -0.4 is 0 Å². The lowest BCUT2D eigenvalue weighted by molar-refractivity contribution is -0.201. The Balaban J connectivity index is 2.12. The molecule has 3 rings (SSSR count). The lowest BCUT2D eigenvalue weighted by Crippen LogP contribution is -2.59. The normalized spacial score (nSPS) is 37.0. The number of aliphatic hydroxyl groups is 2. The highest BCUT2D eigenvalue weighted by Gasteiger charge is 2.60. The Morgan fingerprint density at radius 3 is 2.19 bits per heavy atom. The van der Waals surface area contributed by atoms with Gasteiger partial charge in [-0.25, -0.2) is 0 Å². The predicted octanol–water partition coefficient (Wildman–Crippen LogP) is 5.95. The summed E-state index contributed by atoms with van der Waals surface area (Å²) in [6, 6.07) is 2.17. The van der Waals surface area contributed by atoms with E-state index in [1.54, 1.807) is 0 Å². The zero-order valence-electron chi connectivity index (χ0n) is 18.7. The minimum atomic E-state index is -0.836. The molecule has 2 fully saturated rings. The van der Waals surface area contributed by atoms with Crippen LogP contribution in [0, 0.1) is 50.4 Å². The molecular weight excluding hydrogens is 332 g/mol. The van der Waals surface area contributed by atoms with Gasteiger partial charge in [0.15, 0.2) is 0 Å². The fourth-order valence-corrected chi connectivity index (χ4v) is 6.99. The highest BCUT2D eigenvalue weighted by molar-refractivity contribution is 5.45. The second-order valence-electron chi connectivity index (χ2n) is 10.9. The van der Waals surface area contributed by atoms with Crippen LogP contribution in [0.1, 0.15) is 93.7 Å². The molecule has 0 heterocycles. The molecule has 27 heavy (non-hydrogen) atoms. The summed E-state index contributed by atoms with van der Waals surface area (Å²) in [5.74, 6) is 0.412. The van der Waals surface area contributed by atoms with Crippen molar-refractivity contribution in [2.24, 2.45) is 22.7 Å². The summed E-state index contributed by atoms with van der Waals surface area (Å²) in [6.45, 7) is 17.7. The quantitative estimate of drug-likeness (QED) is 0.673. The van der Waals surface area contributed by atoms with Crippen molar-refractivity contribution in [1.82, 2.24) is 0 Å². The van der Waals surface area contributed by atoms with Crippen LogP contribution in [-0.2, 0) is 0 Å². The first-order chi connectivity index (χ1) is 12.3. The Labute approximate surface area is 166 Å². The molecule has 0 bridgehead atoms. The summed E-state index contributed by atoms with van der Waals surface area (Å²) in [4.78, 5) is 0. The van der Waals surface area contributed by atoms with Crippen molar-refractivity contribution in [1.29, 1.82) is 0 Å². The maximum absolute atomic E-state index is 11.7. The number of aliphatic hydroxyl groups excluding tert-OH is 1. The molecule has 2 aliphatic rings. The van der Waals surface area contributed by atoms with Gasteiger partial charge in [-0.05, 0) is 105 Å². The zero-order chi connectivity index (χ0) is 20.4. The maximum atomic E-state index is 11.7. The monoisotopic (exact) mass is 372 g/mol. The Kier molecular flexibility index (Phi) is 5.09. The second-order valence-corrected chi connectivity index (χ2v) is 10.9. The Hall–Kier alpha value is -0.860. The van der Waals surface area contributed by atoms with E-state index in [2.05, 4.69) is 54.5 Å². The van der Waals surface area contributed by atoms with E-state index in [0.717, 1.165) is 24.8 Å². The van der Waals surface area contributed by atoms with E-state index in [1.165, 1.54) is 35.1 Å². The zero-order valence-corrected chi connectivity index (χ0v) is 18.7. The number of aryl methyl sites for hydroxylation is 1. The average molecular weight is 373 g/mol. The first-order valence-corrected chi connectivity index (χ1v) is 10.8. The molecule has 1 aromatic rings. The van der Waals surface area contributed by atoms with Crippen molar-refractivity contribution >= 4 is 0 Å².